The topological polar surface area (TPSA) is 17.1 Å². The standard InChI is InChI=1S/C17H18O/c1-10-14(11-5-3-2-4-6-11)15-12-7-8-13(9-12)16(15)17(10)18/h2-6,12-13,15-16H,7-9H2,1H3/t12-,13+,15-,16-/m1/s1. The summed E-state index contributed by atoms with van der Waals surface area (Å²) < 4.78 is 0. The molecule has 92 valence electrons. The number of Topliss-reactive ketones (excluding diaryl/α,β-unsaturated/α-hetero) is 1. The van der Waals surface area contributed by atoms with Crippen molar-refractivity contribution in [3.05, 3.63) is 41.5 Å². The lowest BCUT2D eigenvalue weighted by atomic mass is 9.77. The van der Waals surface area contributed by atoms with E-state index in [-0.39, 0.29) is 0 Å². The van der Waals surface area contributed by atoms with E-state index in [4.69, 9.17) is 0 Å². The highest BCUT2D eigenvalue weighted by atomic mass is 16.1. The first-order chi connectivity index (χ1) is 8.77. The molecule has 0 amide bonds. The molecule has 1 nitrogen and oxygen atoms in total. The van der Waals surface area contributed by atoms with Crippen LogP contribution >= 0.6 is 0 Å². The maximum Gasteiger partial charge on any atom is 0.162 e. The van der Waals surface area contributed by atoms with Crippen LogP contribution in [0.25, 0.3) is 5.57 Å². The van der Waals surface area contributed by atoms with Crippen molar-refractivity contribution in [1.82, 2.24) is 0 Å². The smallest absolute Gasteiger partial charge is 0.162 e. The van der Waals surface area contributed by atoms with Gasteiger partial charge >= 0.3 is 0 Å². The number of fused-ring (bicyclic) bond motifs is 5. The Bertz CT molecular complexity index is 540. The highest BCUT2D eigenvalue weighted by Gasteiger charge is 2.55. The van der Waals surface area contributed by atoms with Gasteiger partial charge < -0.3 is 0 Å². The van der Waals surface area contributed by atoms with Gasteiger partial charge in [-0.1, -0.05) is 30.3 Å². The normalized spacial score (nSPS) is 37.5. The van der Waals surface area contributed by atoms with Crippen LogP contribution in [0, 0.1) is 23.7 Å². The molecular weight excluding hydrogens is 220 g/mol. The predicted octanol–water partition coefficient (Wildman–Crippen LogP) is 3.71. The van der Waals surface area contributed by atoms with E-state index < -0.39 is 0 Å². The number of hydrogen-bond acceptors (Lipinski definition) is 1. The van der Waals surface area contributed by atoms with Crippen LogP contribution in [-0.4, -0.2) is 5.78 Å². The van der Waals surface area contributed by atoms with E-state index in [0.29, 0.717) is 23.5 Å². The van der Waals surface area contributed by atoms with Gasteiger partial charge in [-0.3, -0.25) is 4.79 Å². The fraction of sp³-hybridized carbons (Fsp3) is 0.471. The number of hydrogen-bond donors (Lipinski definition) is 0. The fourth-order valence-corrected chi connectivity index (χ4v) is 4.74. The number of carbonyl (C=O) groups is 1. The summed E-state index contributed by atoms with van der Waals surface area (Å²) >= 11 is 0. The van der Waals surface area contributed by atoms with Gasteiger partial charge in [-0.15, -0.1) is 0 Å². The third-order valence-electron chi connectivity index (χ3n) is 5.41. The van der Waals surface area contributed by atoms with Crippen LogP contribution in [0.3, 0.4) is 0 Å². The van der Waals surface area contributed by atoms with Gasteiger partial charge in [0, 0.05) is 5.92 Å². The summed E-state index contributed by atoms with van der Waals surface area (Å²) in [5, 5.41) is 0. The summed E-state index contributed by atoms with van der Waals surface area (Å²) in [6, 6.07) is 10.6. The van der Waals surface area contributed by atoms with E-state index in [0.717, 1.165) is 11.5 Å². The molecule has 0 aromatic heterocycles. The molecule has 18 heavy (non-hydrogen) atoms. The van der Waals surface area contributed by atoms with E-state index in [2.05, 4.69) is 30.3 Å². The van der Waals surface area contributed by atoms with E-state index in [9.17, 15) is 4.79 Å². The highest BCUT2D eigenvalue weighted by Crippen LogP contribution is 2.61. The molecule has 2 fully saturated rings. The number of benzene rings is 1. The molecular formula is C17H18O. The molecule has 2 bridgehead atoms. The van der Waals surface area contributed by atoms with Crippen LogP contribution in [0.2, 0.25) is 0 Å². The molecule has 0 unspecified atom stereocenters. The third-order valence-corrected chi connectivity index (χ3v) is 5.41. The largest absolute Gasteiger partial charge is 0.294 e. The summed E-state index contributed by atoms with van der Waals surface area (Å²) in [6.45, 7) is 2.04. The quantitative estimate of drug-likeness (QED) is 0.729. The average Bonchev–Trinajstić information content (AvgIpc) is 3.06. The maximum atomic E-state index is 12.5. The zero-order valence-electron chi connectivity index (χ0n) is 10.7. The van der Waals surface area contributed by atoms with Crippen LogP contribution in [0.5, 0.6) is 0 Å². The Morgan fingerprint density at radius 3 is 2.39 bits per heavy atom. The molecule has 0 N–H and O–H groups in total. The summed E-state index contributed by atoms with van der Waals surface area (Å²) in [6.07, 6.45) is 3.92. The summed E-state index contributed by atoms with van der Waals surface area (Å²) in [7, 11) is 0. The molecule has 4 rings (SSSR count). The SMILES string of the molecule is CC1=C(c2ccccc2)[C@H]2[C@@H]3CC[C@@H](C3)[C@H]2C1=O. The zero-order valence-corrected chi connectivity index (χ0v) is 10.7. The average molecular weight is 238 g/mol. The van der Waals surface area contributed by atoms with Gasteiger partial charge in [-0.25, -0.2) is 0 Å². The first-order valence-electron chi connectivity index (χ1n) is 7.08. The number of allylic oxidation sites excluding steroid dienone is 2. The van der Waals surface area contributed by atoms with Gasteiger partial charge in [0.05, 0.1) is 0 Å². The number of rotatable bonds is 1. The molecule has 0 aliphatic heterocycles. The Labute approximate surface area is 108 Å². The van der Waals surface area contributed by atoms with Gasteiger partial charge in [0.2, 0.25) is 0 Å². The van der Waals surface area contributed by atoms with E-state index in [1.807, 2.05) is 6.92 Å². The van der Waals surface area contributed by atoms with Crippen LogP contribution in [-0.2, 0) is 4.79 Å². The Kier molecular flexibility index (Phi) is 2.09. The fourth-order valence-electron chi connectivity index (χ4n) is 4.74. The first kappa shape index (κ1) is 10.5. The van der Waals surface area contributed by atoms with Crippen molar-refractivity contribution in [2.75, 3.05) is 0 Å². The Balaban J connectivity index is 1.85. The highest BCUT2D eigenvalue weighted by molar-refractivity contribution is 6.09. The zero-order chi connectivity index (χ0) is 12.3. The van der Waals surface area contributed by atoms with E-state index in [1.165, 1.54) is 30.4 Å². The molecule has 1 aromatic carbocycles. The monoisotopic (exact) mass is 238 g/mol. The first-order valence-corrected chi connectivity index (χ1v) is 7.08. The molecule has 0 heterocycles. The molecule has 4 atom stereocenters. The maximum absolute atomic E-state index is 12.5. The van der Waals surface area contributed by atoms with Crippen molar-refractivity contribution in [3.63, 3.8) is 0 Å². The third kappa shape index (κ3) is 1.20. The van der Waals surface area contributed by atoms with Crippen LogP contribution < -0.4 is 0 Å². The Morgan fingerprint density at radius 1 is 1.00 bits per heavy atom. The summed E-state index contributed by atoms with van der Waals surface area (Å²) in [5.74, 6) is 2.78. The molecule has 1 aromatic rings. The second kappa shape index (κ2) is 3.57. The van der Waals surface area contributed by atoms with Crippen molar-refractivity contribution < 1.29 is 4.79 Å². The molecule has 0 radical (unpaired) electrons. The lowest BCUT2D eigenvalue weighted by Gasteiger charge is -2.26. The van der Waals surface area contributed by atoms with Crippen LogP contribution in [0.1, 0.15) is 31.7 Å². The molecule has 0 saturated heterocycles. The minimum absolute atomic E-state index is 0.332. The van der Waals surface area contributed by atoms with Crippen molar-refractivity contribution in [1.29, 1.82) is 0 Å². The number of ketones is 1. The minimum Gasteiger partial charge on any atom is -0.294 e. The van der Waals surface area contributed by atoms with Crippen molar-refractivity contribution >= 4 is 11.4 Å². The molecule has 2 saturated carbocycles. The van der Waals surface area contributed by atoms with Gasteiger partial charge in [-0.05, 0) is 60.6 Å². The lowest BCUT2D eigenvalue weighted by molar-refractivity contribution is -0.120. The minimum atomic E-state index is 0.332. The molecule has 3 aliphatic rings. The van der Waals surface area contributed by atoms with Crippen LogP contribution in [0.4, 0.5) is 0 Å². The molecule has 0 spiro atoms. The van der Waals surface area contributed by atoms with Gasteiger partial charge in [0.25, 0.3) is 0 Å². The van der Waals surface area contributed by atoms with Crippen molar-refractivity contribution in [2.45, 2.75) is 26.2 Å². The summed E-state index contributed by atoms with van der Waals surface area (Å²) in [4.78, 5) is 12.5. The molecule has 1 heteroatoms. The predicted molar refractivity (Wildman–Crippen MR) is 71.9 cm³/mol. The van der Waals surface area contributed by atoms with E-state index >= 15 is 0 Å². The van der Waals surface area contributed by atoms with Crippen molar-refractivity contribution in [2.24, 2.45) is 23.7 Å². The van der Waals surface area contributed by atoms with Gasteiger partial charge in [0.1, 0.15) is 0 Å². The Hall–Kier alpha value is -1.37. The van der Waals surface area contributed by atoms with Gasteiger partial charge in [-0.2, -0.15) is 0 Å². The van der Waals surface area contributed by atoms with Gasteiger partial charge in [0.15, 0.2) is 5.78 Å². The second-order valence-corrected chi connectivity index (χ2v) is 6.15. The van der Waals surface area contributed by atoms with Crippen LogP contribution in [0.15, 0.2) is 35.9 Å². The Morgan fingerprint density at radius 2 is 1.67 bits per heavy atom. The van der Waals surface area contributed by atoms with E-state index in [1.54, 1.807) is 0 Å². The summed E-state index contributed by atoms with van der Waals surface area (Å²) in [5.41, 5.74) is 3.70. The lowest BCUT2D eigenvalue weighted by Crippen LogP contribution is -2.24. The number of carbonyl (C=O) groups excluding carboxylic acids is 1. The van der Waals surface area contributed by atoms with Crippen molar-refractivity contribution in [3.8, 4) is 0 Å². The molecule has 3 aliphatic carbocycles. The second-order valence-electron chi connectivity index (χ2n) is 6.15.